The third-order valence-electron chi connectivity index (χ3n) is 4.27. The summed E-state index contributed by atoms with van der Waals surface area (Å²) >= 11 is 0. The Balaban J connectivity index is 1.48. The van der Waals surface area contributed by atoms with E-state index in [0.717, 1.165) is 5.57 Å². The van der Waals surface area contributed by atoms with Crippen molar-refractivity contribution in [3.05, 3.63) is 64.9 Å². The monoisotopic (exact) mass is 409 g/mol. The molecule has 9 heteroatoms. The number of nitrogens with zero attached hydrogens (tertiary/aromatic N) is 2. The first-order valence-electron chi connectivity index (χ1n) is 9.08. The molecule has 1 aliphatic heterocycles. The van der Waals surface area contributed by atoms with Gasteiger partial charge in [-0.05, 0) is 29.8 Å². The summed E-state index contributed by atoms with van der Waals surface area (Å²) in [5.41, 5.74) is 2.21. The molecule has 1 aliphatic rings. The van der Waals surface area contributed by atoms with Gasteiger partial charge in [-0.1, -0.05) is 0 Å². The minimum absolute atomic E-state index is 0.0370. The predicted octanol–water partition coefficient (Wildman–Crippen LogP) is 2.44. The Labute approximate surface area is 171 Å². The molecule has 0 aliphatic carbocycles. The maximum Gasteiger partial charge on any atom is 0.338 e. The second kappa shape index (κ2) is 9.08. The predicted molar refractivity (Wildman–Crippen MR) is 105 cm³/mol. The fourth-order valence-corrected chi connectivity index (χ4v) is 2.60. The molecule has 1 aromatic carbocycles. The average molecular weight is 409 g/mol. The van der Waals surface area contributed by atoms with E-state index in [2.05, 4.69) is 15.0 Å². The topological polar surface area (TPSA) is 128 Å². The summed E-state index contributed by atoms with van der Waals surface area (Å²) < 4.78 is 10.4. The largest absolute Gasteiger partial charge is 0.457 e. The summed E-state index contributed by atoms with van der Waals surface area (Å²) in [5, 5.41) is 0. The molecule has 0 unspecified atom stereocenters. The maximum absolute atomic E-state index is 12.2. The van der Waals surface area contributed by atoms with Crippen LogP contribution in [-0.2, 0) is 20.9 Å². The summed E-state index contributed by atoms with van der Waals surface area (Å²) in [4.78, 5) is 57.4. The van der Waals surface area contributed by atoms with Gasteiger partial charge in [-0.15, -0.1) is 0 Å². The Morgan fingerprint density at radius 1 is 0.933 bits per heavy atom. The molecule has 0 fully saturated rings. The molecule has 0 saturated carbocycles. The highest BCUT2D eigenvalue weighted by Gasteiger charge is 2.17. The highest BCUT2D eigenvalue weighted by molar-refractivity contribution is 6.40. The van der Waals surface area contributed by atoms with Crippen molar-refractivity contribution in [1.29, 1.82) is 0 Å². The van der Waals surface area contributed by atoms with Crippen molar-refractivity contribution in [1.82, 2.24) is 9.97 Å². The Morgan fingerprint density at radius 2 is 1.53 bits per heavy atom. The molecule has 0 amide bonds. The van der Waals surface area contributed by atoms with Crippen LogP contribution in [0.2, 0.25) is 0 Å². The highest BCUT2D eigenvalue weighted by Crippen LogP contribution is 2.14. The molecule has 30 heavy (non-hydrogen) atoms. The van der Waals surface area contributed by atoms with E-state index in [9.17, 15) is 19.2 Å². The molecule has 0 atom stereocenters. The Kier molecular flexibility index (Phi) is 6.31. The molecule has 3 rings (SSSR count). The summed E-state index contributed by atoms with van der Waals surface area (Å²) in [6.45, 7) is 2.78. The van der Waals surface area contributed by atoms with E-state index < -0.39 is 11.9 Å². The summed E-state index contributed by atoms with van der Waals surface area (Å²) in [6.07, 6.45) is 3.33. The number of benzene rings is 1. The molecule has 154 valence electrons. The van der Waals surface area contributed by atoms with E-state index in [0.29, 0.717) is 17.8 Å². The van der Waals surface area contributed by atoms with Crippen molar-refractivity contribution in [2.45, 2.75) is 26.9 Å². The van der Waals surface area contributed by atoms with Crippen molar-refractivity contribution in [2.75, 3.05) is 6.61 Å². The standard InChI is InChI=1S/C21H19N3O6/c1-12(25)18-7-14(8-22-18)10-29-20(27)15-3-5-16(6-4-15)21(28)30-11-17-9-23-19(24-17)13(2)26/h3-6,8-9H,7,10-11H2,1-2H3,(H,23,24). The number of H-pyrrole nitrogens is 1. The minimum atomic E-state index is -0.584. The van der Waals surface area contributed by atoms with E-state index in [4.69, 9.17) is 9.47 Å². The Hall–Kier alpha value is -3.88. The lowest BCUT2D eigenvalue weighted by Gasteiger charge is -2.07. The van der Waals surface area contributed by atoms with Crippen molar-refractivity contribution < 1.29 is 28.7 Å². The quantitative estimate of drug-likeness (QED) is 0.524. The third kappa shape index (κ3) is 5.13. The number of ketones is 2. The van der Waals surface area contributed by atoms with Gasteiger partial charge in [0.2, 0.25) is 0 Å². The second-order valence-electron chi connectivity index (χ2n) is 6.64. The third-order valence-corrected chi connectivity index (χ3v) is 4.27. The number of carbonyl (C=O) groups excluding carboxylic acids is 4. The molecule has 0 saturated heterocycles. The molecule has 0 bridgehead atoms. The van der Waals surface area contributed by atoms with Crippen LogP contribution in [0.15, 0.2) is 47.2 Å². The van der Waals surface area contributed by atoms with Crippen LogP contribution in [-0.4, -0.2) is 45.8 Å². The van der Waals surface area contributed by atoms with Crippen molar-refractivity contribution >= 4 is 29.2 Å². The summed E-state index contributed by atoms with van der Waals surface area (Å²) in [6, 6.07) is 5.84. The van der Waals surface area contributed by atoms with E-state index >= 15 is 0 Å². The van der Waals surface area contributed by atoms with Gasteiger partial charge in [0.05, 0.1) is 28.7 Å². The molecule has 2 heterocycles. The number of aromatic amines is 1. The zero-order chi connectivity index (χ0) is 21.7. The Bertz CT molecular complexity index is 1060. The smallest absolute Gasteiger partial charge is 0.338 e. The number of carbonyl (C=O) groups is 4. The molecule has 9 nitrogen and oxygen atoms in total. The highest BCUT2D eigenvalue weighted by atomic mass is 16.5. The SMILES string of the molecule is CC(=O)C1=NC=C(COC(=O)c2ccc(C(=O)OCc3cnc(C(C)=O)[nH]3)cc2)C1. The van der Waals surface area contributed by atoms with Gasteiger partial charge in [0.15, 0.2) is 17.4 Å². The van der Waals surface area contributed by atoms with Gasteiger partial charge in [0.25, 0.3) is 0 Å². The van der Waals surface area contributed by atoms with E-state index in [-0.39, 0.29) is 41.7 Å². The Morgan fingerprint density at radius 3 is 2.03 bits per heavy atom. The number of hydrogen-bond donors (Lipinski definition) is 1. The van der Waals surface area contributed by atoms with Gasteiger partial charge in [0, 0.05) is 26.5 Å². The number of nitrogens with one attached hydrogen (secondary N) is 1. The van der Waals surface area contributed by atoms with Crippen molar-refractivity contribution in [3.8, 4) is 0 Å². The first-order valence-corrected chi connectivity index (χ1v) is 9.08. The normalized spacial score (nSPS) is 12.7. The van der Waals surface area contributed by atoms with Crippen LogP contribution in [0.5, 0.6) is 0 Å². The molecule has 0 spiro atoms. The molecule has 1 N–H and O–H groups in total. The first kappa shape index (κ1) is 20.8. The van der Waals surface area contributed by atoms with Crippen LogP contribution in [0.25, 0.3) is 0 Å². The molecule has 0 radical (unpaired) electrons. The van der Waals surface area contributed by atoms with E-state index in [1.54, 1.807) is 0 Å². The summed E-state index contributed by atoms with van der Waals surface area (Å²) in [5.74, 6) is -1.27. The lowest BCUT2D eigenvalue weighted by molar-refractivity contribution is -0.111. The van der Waals surface area contributed by atoms with E-state index in [1.807, 2.05) is 0 Å². The zero-order valence-corrected chi connectivity index (χ0v) is 16.4. The number of esters is 2. The lowest BCUT2D eigenvalue weighted by Crippen LogP contribution is -2.12. The second-order valence-corrected chi connectivity index (χ2v) is 6.64. The number of ether oxygens (including phenoxy) is 2. The maximum atomic E-state index is 12.2. The number of aliphatic imine (C=N–C) groups is 1. The van der Waals surface area contributed by atoms with Crippen LogP contribution in [0, 0.1) is 0 Å². The van der Waals surface area contributed by atoms with E-state index in [1.165, 1.54) is 50.5 Å². The van der Waals surface area contributed by atoms with Gasteiger partial charge < -0.3 is 14.5 Å². The van der Waals surface area contributed by atoms with Gasteiger partial charge in [-0.2, -0.15) is 0 Å². The molecule has 2 aromatic rings. The number of Topliss-reactive ketones (excluding diaryl/α,β-unsaturated/α-hetero) is 2. The number of aromatic nitrogens is 2. The van der Waals surface area contributed by atoms with Crippen LogP contribution in [0.3, 0.4) is 0 Å². The fourth-order valence-electron chi connectivity index (χ4n) is 2.60. The molecular formula is C21H19N3O6. The lowest BCUT2D eigenvalue weighted by atomic mass is 10.1. The van der Waals surface area contributed by atoms with Crippen LogP contribution < -0.4 is 0 Å². The average Bonchev–Trinajstić information content (AvgIpc) is 3.40. The zero-order valence-electron chi connectivity index (χ0n) is 16.4. The number of rotatable bonds is 8. The molecule has 1 aromatic heterocycles. The van der Waals surface area contributed by atoms with Gasteiger partial charge in [-0.3, -0.25) is 14.6 Å². The fraction of sp³-hybridized carbons (Fsp3) is 0.238. The van der Waals surface area contributed by atoms with Crippen LogP contribution in [0.1, 0.15) is 57.3 Å². The van der Waals surface area contributed by atoms with Gasteiger partial charge in [-0.25, -0.2) is 14.6 Å². The van der Waals surface area contributed by atoms with Gasteiger partial charge >= 0.3 is 11.9 Å². The number of hydrogen-bond acceptors (Lipinski definition) is 8. The van der Waals surface area contributed by atoms with Gasteiger partial charge in [0.1, 0.15) is 13.2 Å². The number of imidazole rings is 1. The van der Waals surface area contributed by atoms with Crippen molar-refractivity contribution in [2.24, 2.45) is 4.99 Å². The first-order chi connectivity index (χ1) is 14.3. The van der Waals surface area contributed by atoms with Crippen LogP contribution in [0.4, 0.5) is 0 Å². The molecular weight excluding hydrogens is 390 g/mol. The minimum Gasteiger partial charge on any atom is -0.457 e. The van der Waals surface area contributed by atoms with Crippen molar-refractivity contribution in [3.63, 3.8) is 0 Å². The summed E-state index contributed by atoms with van der Waals surface area (Å²) in [7, 11) is 0. The van der Waals surface area contributed by atoms with Crippen LogP contribution >= 0.6 is 0 Å².